The lowest BCUT2D eigenvalue weighted by atomic mass is 10.2. The number of halogens is 1. The SMILES string of the molecule is CCN(C[C@H]1CCCO1)C(=O)Nc1cccc(Cl)c1OC. The van der Waals surface area contributed by atoms with Gasteiger partial charge in [-0.1, -0.05) is 17.7 Å². The summed E-state index contributed by atoms with van der Waals surface area (Å²) >= 11 is 6.05. The summed E-state index contributed by atoms with van der Waals surface area (Å²) < 4.78 is 10.8. The second-order valence-electron chi connectivity index (χ2n) is 4.92. The Kier molecular flexibility index (Phi) is 5.70. The van der Waals surface area contributed by atoms with E-state index in [1.165, 1.54) is 7.11 Å². The number of urea groups is 1. The van der Waals surface area contributed by atoms with E-state index in [-0.39, 0.29) is 12.1 Å². The van der Waals surface area contributed by atoms with E-state index in [9.17, 15) is 4.79 Å². The number of carbonyl (C=O) groups excluding carboxylic acids is 1. The first kappa shape index (κ1) is 15.9. The van der Waals surface area contributed by atoms with Crippen LogP contribution in [0.25, 0.3) is 0 Å². The molecule has 0 bridgehead atoms. The van der Waals surface area contributed by atoms with Crippen molar-refractivity contribution >= 4 is 23.3 Å². The van der Waals surface area contributed by atoms with Gasteiger partial charge in [0.2, 0.25) is 0 Å². The van der Waals surface area contributed by atoms with Crippen molar-refractivity contribution in [3.8, 4) is 5.75 Å². The third kappa shape index (κ3) is 4.02. The van der Waals surface area contributed by atoms with Crippen LogP contribution in [0.1, 0.15) is 19.8 Å². The number of nitrogens with one attached hydrogen (secondary N) is 1. The van der Waals surface area contributed by atoms with Crippen LogP contribution in [0.15, 0.2) is 18.2 Å². The smallest absolute Gasteiger partial charge is 0.322 e. The van der Waals surface area contributed by atoms with Gasteiger partial charge in [0.15, 0.2) is 5.75 Å². The molecule has 0 unspecified atom stereocenters. The Balaban J connectivity index is 2.03. The molecule has 2 rings (SSSR count). The Labute approximate surface area is 130 Å². The Bertz CT molecular complexity index is 490. The molecule has 21 heavy (non-hydrogen) atoms. The summed E-state index contributed by atoms with van der Waals surface area (Å²) in [5.74, 6) is 0.473. The number of anilines is 1. The lowest BCUT2D eigenvalue weighted by molar-refractivity contribution is 0.0849. The second-order valence-corrected chi connectivity index (χ2v) is 5.33. The molecule has 116 valence electrons. The summed E-state index contributed by atoms with van der Waals surface area (Å²) in [6.45, 7) is 3.95. The predicted octanol–water partition coefficient (Wildman–Crippen LogP) is 3.38. The minimum absolute atomic E-state index is 0.136. The highest BCUT2D eigenvalue weighted by atomic mass is 35.5. The molecule has 0 saturated carbocycles. The van der Waals surface area contributed by atoms with Gasteiger partial charge in [-0.25, -0.2) is 4.79 Å². The second kappa shape index (κ2) is 7.52. The molecule has 1 atom stereocenters. The fraction of sp³-hybridized carbons (Fsp3) is 0.533. The maximum atomic E-state index is 12.4. The normalized spacial score (nSPS) is 17.6. The molecule has 1 aromatic rings. The number of methoxy groups -OCH3 is 1. The molecule has 0 aliphatic carbocycles. The number of likely N-dealkylation sites (N-methyl/N-ethyl adjacent to an activating group) is 1. The van der Waals surface area contributed by atoms with Gasteiger partial charge in [0, 0.05) is 19.7 Å². The average Bonchev–Trinajstić information content (AvgIpc) is 2.98. The first-order valence-corrected chi connectivity index (χ1v) is 7.53. The van der Waals surface area contributed by atoms with Crippen LogP contribution in [0.3, 0.4) is 0 Å². The molecular weight excluding hydrogens is 292 g/mol. The fourth-order valence-corrected chi connectivity index (χ4v) is 2.65. The molecule has 1 fully saturated rings. The van der Waals surface area contributed by atoms with Gasteiger partial charge >= 0.3 is 6.03 Å². The van der Waals surface area contributed by atoms with E-state index in [1.54, 1.807) is 23.1 Å². The molecule has 1 aliphatic heterocycles. The monoisotopic (exact) mass is 312 g/mol. The van der Waals surface area contributed by atoms with Gasteiger partial charge in [-0.15, -0.1) is 0 Å². The largest absolute Gasteiger partial charge is 0.493 e. The molecule has 1 aliphatic rings. The number of nitrogens with zero attached hydrogens (tertiary/aromatic N) is 1. The van der Waals surface area contributed by atoms with Gasteiger partial charge < -0.3 is 19.7 Å². The van der Waals surface area contributed by atoms with E-state index in [4.69, 9.17) is 21.1 Å². The summed E-state index contributed by atoms with van der Waals surface area (Å²) in [4.78, 5) is 14.1. The molecule has 0 spiro atoms. The van der Waals surface area contributed by atoms with Crippen molar-refractivity contribution in [3.63, 3.8) is 0 Å². The first-order valence-electron chi connectivity index (χ1n) is 7.15. The Hall–Kier alpha value is -1.46. The standard InChI is InChI=1S/C15H21ClN2O3/c1-3-18(10-11-6-5-9-21-11)15(19)17-13-8-4-7-12(16)14(13)20-2/h4,7-8,11H,3,5-6,9-10H2,1-2H3,(H,17,19)/t11-/m1/s1. The Morgan fingerprint density at radius 3 is 3.00 bits per heavy atom. The quantitative estimate of drug-likeness (QED) is 0.906. The van der Waals surface area contributed by atoms with Gasteiger partial charge in [0.25, 0.3) is 0 Å². The minimum Gasteiger partial charge on any atom is -0.493 e. The molecule has 1 aromatic carbocycles. The van der Waals surface area contributed by atoms with E-state index in [0.29, 0.717) is 29.5 Å². The van der Waals surface area contributed by atoms with Gasteiger partial charge in [-0.05, 0) is 31.9 Å². The zero-order valence-corrected chi connectivity index (χ0v) is 13.2. The van der Waals surface area contributed by atoms with Crippen molar-refractivity contribution in [1.29, 1.82) is 0 Å². The van der Waals surface area contributed by atoms with Crippen LogP contribution in [-0.2, 0) is 4.74 Å². The maximum Gasteiger partial charge on any atom is 0.322 e. The van der Waals surface area contributed by atoms with Crippen LogP contribution in [0.4, 0.5) is 10.5 Å². The average molecular weight is 313 g/mol. The number of benzene rings is 1. The number of rotatable bonds is 5. The van der Waals surface area contributed by atoms with Crippen LogP contribution in [0.2, 0.25) is 5.02 Å². The van der Waals surface area contributed by atoms with Crippen molar-refractivity contribution in [2.45, 2.75) is 25.9 Å². The number of hydrogen-bond acceptors (Lipinski definition) is 3. The molecule has 0 radical (unpaired) electrons. The van der Waals surface area contributed by atoms with Gasteiger partial charge in [0.05, 0.1) is 23.9 Å². The number of amides is 2. The topological polar surface area (TPSA) is 50.8 Å². The van der Waals surface area contributed by atoms with Crippen LogP contribution in [-0.4, -0.2) is 43.8 Å². The lowest BCUT2D eigenvalue weighted by Gasteiger charge is -2.24. The fourth-order valence-electron chi connectivity index (χ4n) is 2.40. The van der Waals surface area contributed by atoms with Gasteiger partial charge in [-0.2, -0.15) is 0 Å². The summed E-state index contributed by atoms with van der Waals surface area (Å²) in [6.07, 6.45) is 2.20. The summed E-state index contributed by atoms with van der Waals surface area (Å²) in [5, 5.41) is 3.32. The molecule has 6 heteroatoms. The van der Waals surface area contributed by atoms with E-state index < -0.39 is 0 Å². The van der Waals surface area contributed by atoms with Gasteiger partial charge in [0.1, 0.15) is 0 Å². The Morgan fingerprint density at radius 1 is 1.57 bits per heavy atom. The highest BCUT2D eigenvalue weighted by molar-refractivity contribution is 6.32. The van der Waals surface area contributed by atoms with E-state index in [0.717, 1.165) is 19.4 Å². The van der Waals surface area contributed by atoms with Crippen molar-refractivity contribution in [3.05, 3.63) is 23.2 Å². The lowest BCUT2D eigenvalue weighted by Crippen LogP contribution is -2.40. The summed E-state index contributed by atoms with van der Waals surface area (Å²) in [6, 6.07) is 5.09. The van der Waals surface area contributed by atoms with E-state index in [2.05, 4.69) is 5.32 Å². The van der Waals surface area contributed by atoms with Crippen LogP contribution in [0.5, 0.6) is 5.75 Å². The zero-order chi connectivity index (χ0) is 15.2. The number of hydrogen-bond donors (Lipinski definition) is 1. The Morgan fingerprint density at radius 2 is 2.38 bits per heavy atom. The molecular formula is C15H21ClN2O3. The van der Waals surface area contributed by atoms with Crippen molar-refractivity contribution < 1.29 is 14.3 Å². The van der Waals surface area contributed by atoms with E-state index >= 15 is 0 Å². The third-order valence-corrected chi connectivity index (χ3v) is 3.83. The molecule has 1 heterocycles. The molecule has 5 nitrogen and oxygen atoms in total. The summed E-state index contributed by atoms with van der Waals surface area (Å²) in [5.41, 5.74) is 0.570. The number of para-hydroxylation sites is 1. The highest BCUT2D eigenvalue weighted by Gasteiger charge is 2.22. The van der Waals surface area contributed by atoms with Crippen LogP contribution < -0.4 is 10.1 Å². The predicted molar refractivity (Wildman–Crippen MR) is 83.2 cm³/mol. The minimum atomic E-state index is -0.173. The first-order chi connectivity index (χ1) is 10.2. The molecule has 2 amide bonds. The zero-order valence-electron chi connectivity index (χ0n) is 12.4. The van der Waals surface area contributed by atoms with Crippen LogP contribution >= 0.6 is 11.6 Å². The highest BCUT2D eigenvalue weighted by Crippen LogP contribution is 2.32. The number of carbonyl (C=O) groups is 1. The maximum absolute atomic E-state index is 12.4. The van der Waals surface area contributed by atoms with E-state index in [1.807, 2.05) is 6.92 Å². The van der Waals surface area contributed by atoms with Crippen molar-refractivity contribution in [2.24, 2.45) is 0 Å². The van der Waals surface area contributed by atoms with Crippen LogP contribution in [0, 0.1) is 0 Å². The molecule has 1 N–H and O–H groups in total. The summed E-state index contributed by atoms with van der Waals surface area (Å²) in [7, 11) is 1.53. The van der Waals surface area contributed by atoms with Crippen molar-refractivity contribution in [2.75, 3.05) is 32.1 Å². The third-order valence-electron chi connectivity index (χ3n) is 3.53. The molecule has 1 saturated heterocycles. The molecule has 0 aromatic heterocycles. The van der Waals surface area contributed by atoms with Crippen molar-refractivity contribution in [1.82, 2.24) is 4.90 Å². The van der Waals surface area contributed by atoms with Gasteiger partial charge in [-0.3, -0.25) is 0 Å². The number of ether oxygens (including phenoxy) is 2.